The number of allylic oxidation sites excluding steroid dienone is 1. The molecular weight excluding hydrogens is 124 g/mol. The maximum atomic E-state index is 5.26. The third-order valence-electron chi connectivity index (χ3n) is 2.91. The molecule has 0 aliphatic heterocycles. The summed E-state index contributed by atoms with van der Waals surface area (Å²) in [6, 6.07) is 0. The Hall–Kier alpha value is -0.300. The van der Waals surface area contributed by atoms with Crippen LogP contribution < -0.4 is 0 Å². The van der Waals surface area contributed by atoms with Crippen LogP contribution in [-0.4, -0.2) is 13.2 Å². The summed E-state index contributed by atoms with van der Waals surface area (Å²) in [5.41, 5.74) is 0.385. The predicted octanol–water partition coefficient (Wildman–Crippen LogP) is 2.23. The van der Waals surface area contributed by atoms with E-state index in [-0.39, 0.29) is 0 Å². The van der Waals surface area contributed by atoms with Crippen molar-refractivity contribution in [1.82, 2.24) is 0 Å². The molecule has 0 aromatic rings. The minimum absolute atomic E-state index is 0.371. The van der Waals surface area contributed by atoms with Crippen LogP contribution in [0.1, 0.15) is 20.3 Å². The molecular formula is C9H16O. The van der Waals surface area contributed by atoms with Gasteiger partial charge in [0.2, 0.25) is 0 Å². The summed E-state index contributed by atoms with van der Waals surface area (Å²) < 4.78 is 5.26. The van der Waals surface area contributed by atoms with Crippen LogP contribution in [0, 0.1) is 11.3 Å². The first-order chi connectivity index (χ1) is 4.65. The van der Waals surface area contributed by atoms with Crippen LogP contribution >= 0.6 is 0 Å². The summed E-state index contributed by atoms with van der Waals surface area (Å²) in [4.78, 5) is 0. The Balaban J connectivity index is 2.49. The molecule has 0 radical (unpaired) electrons. The molecule has 10 heavy (non-hydrogen) atoms. The molecule has 1 unspecified atom stereocenters. The van der Waals surface area contributed by atoms with Crippen LogP contribution in [0.5, 0.6) is 0 Å². The molecule has 1 fully saturated rings. The molecule has 1 nitrogen and oxygen atoms in total. The Morgan fingerprint density at radius 2 is 2.40 bits per heavy atom. The van der Waals surface area contributed by atoms with E-state index in [1.54, 1.807) is 7.11 Å². The van der Waals surface area contributed by atoms with Crippen molar-refractivity contribution in [3.05, 3.63) is 12.7 Å². The van der Waals surface area contributed by atoms with E-state index in [1.165, 1.54) is 6.42 Å². The first kappa shape index (κ1) is 7.80. The molecule has 0 heterocycles. The van der Waals surface area contributed by atoms with Gasteiger partial charge in [0.25, 0.3) is 0 Å². The van der Waals surface area contributed by atoms with Gasteiger partial charge in [0.15, 0.2) is 0 Å². The van der Waals surface area contributed by atoms with Crippen molar-refractivity contribution in [3.63, 3.8) is 0 Å². The van der Waals surface area contributed by atoms with E-state index in [2.05, 4.69) is 20.4 Å². The lowest BCUT2D eigenvalue weighted by Crippen LogP contribution is -2.18. The number of ether oxygens (including phenoxy) is 1. The fraction of sp³-hybridized carbons (Fsp3) is 0.778. The molecule has 0 bridgehead atoms. The number of hydrogen-bond donors (Lipinski definition) is 0. The highest BCUT2D eigenvalue weighted by molar-refractivity contribution is 5.10. The Morgan fingerprint density at radius 3 is 2.70 bits per heavy atom. The van der Waals surface area contributed by atoms with Crippen molar-refractivity contribution < 1.29 is 4.74 Å². The van der Waals surface area contributed by atoms with Crippen LogP contribution in [0.4, 0.5) is 0 Å². The zero-order chi connectivity index (χ0) is 7.78. The first-order valence-electron chi connectivity index (χ1n) is 3.80. The molecule has 1 rings (SSSR count). The second-order valence-electron chi connectivity index (χ2n) is 3.43. The maximum absolute atomic E-state index is 5.26. The smallest absolute Gasteiger partial charge is 0.0602 e. The highest BCUT2D eigenvalue weighted by Crippen LogP contribution is 2.55. The standard InChI is InChI=1S/C9H16O/c1-5-8-6-9(8,3)7(2)10-4/h5,7-8H,1,6H2,2-4H3/t7?,8-,9+/m1/s1. The van der Waals surface area contributed by atoms with Crippen molar-refractivity contribution in [2.75, 3.05) is 7.11 Å². The Morgan fingerprint density at radius 1 is 1.80 bits per heavy atom. The average Bonchev–Trinajstić information content (AvgIpc) is 2.61. The SMILES string of the molecule is C=C[C@@H]1C[C@@]1(C)C(C)OC. The molecule has 0 aromatic carbocycles. The topological polar surface area (TPSA) is 9.23 Å². The second-order valence-corrected chi connectivity index (χ2v) is 3.43. The fourth-order valence-corrected chi connectivity index (χ4v) is 1.50. The van der Waals surface area contributed by atoms with E-state index in [4.69, 9.17) is 4.74 Å². The molecule has 1 aliphatic carbocycles. The van der Waals surface area contributed by atoms with Crippen molar-refractivity contribution in [2.45, 2.75) is 26.4 Å². The van der Waals surface area contributed by atoms with Crippen LogP contribution in [-0.2, 0) is 4.74 Å². The quantitative estimate of drug-likeness (QED) is 0.546. The fourth-order valence-electron chi connectivity index (χ4n) is 1.50. The lowest BCUT2D eigenvalue weighted by Gasteiger charge is -2.17. The Labute approximate surface area is 63.1 Å². The van der Waals surface area contributed by atoms with Gasteiger partial charge in [-0.15, -0.1) is 6.58 Å². The summed E-state index contributed by atoms with van der Waals surface area (Å²) in [5.74, 6) is 0.683. The monoisotopic (exact) mass is 140 g/mol. The molecule has 3 atom stereocenters. The van der Waals surface area contributed by atoms with Crippen LogP contribution in [0.2, 0.25) is 0 Å². The Bertz CT molecular complexity index is 142. The van der Waals surface area contributed by atoms with Gasteiger partial charge in [-0.05, 0) is 19.3 Å². The van der Waals surface area contributed by atoms with Gasteiger partial charge in [0.1, 0.15) is 0 Å². The van der Waals surface area contributed by atoms with Crippen molar-refractivity contribution in [3.8, 4) is 0 Å². The van der Waals surface area contributed by atoms with Gasteiger partial charge in [0, 0.05) is 12.5 Å². The highest BCUT2D eigenvalue weighted by atomic mass is 16.5. The minimum atomic E-state index is 0.371. The highest BCUT2D eigenvalue weighted by Gasteiger charge is 2.52. The van der Waals surface area contributed by atoms with E-state index < -0.39 is 0 Å². The second kappa shape index (κ2) is 2.39. The summed E-state index contributed by atoms with van der Waals surface area (Å²) >= 11 is 0. The summed E-state index contributed by atoms with van der Waals surface area (Å²) in [6.07, 6.45) is 3.65. The van der Waals surface area contributed by atoms with Crippen LogP contribution in [0.15, 0.2) is 12.7 Å². The van der Waals surface area contributed by atoms with Crippen molar-refractivity contribution in [2.24, 2.45) is 11.3 Å². The van der Waals surface area contributed by atoms with Crippen molar-refractivity contribution in [1.29, 1.82) is 0 Å². The maximum Gasteiger partial charge on any atom is 0.0602 e. The van der Waals surface area contributed by atoms with Gasteiger partial charge >= 0.3 is 0 Å². The largest absolute Gasteiger partial charge is 0.381 e. The number of rotatable bonds is 3. The molecule has 1 saturated carbocycles. The van der Waals surface area contributed by atoms with Crippen molar-refractivity contribution >= 4 is 0 Å². The average molecular weight is 140 g/mol. The summed E-state index contributed by atoms with van der Waals surface area (Å²) in [5, 5.41) is 0. The van der Waals surface area contributed by atoms with E-state index >= 15 is 0 Å². The molecule has 0 spiro atoms. The van der Waals surface area contributed by atoms with Crippen LogP contribution in [0.25, 0.3) is 0 Å². The normalized spacial score (nSPS) is 40.9. The van der Waals surface area contributed by atoms with E-state index in [1.807, 2.05) is 6.08 Å². The lowest BCUT2D eigenvalue weighted by atomic mass is 10.0. The molecule has 0 N–H and O–H groups in total. The van der Waals surface area contributed by atoms with Gasteiger partial charge in [0.05, 0.1) is 6.10 Å². The molecule has 0 amide bonds. The lowest BCUT2D eigenvalue weighted by molar-refractivity contribution is 0.0582. The van der Waals surface area contributed by atoms with Gasteiger partial charge in [-0.2, -0.15) is 0 Å². The first-order valence-corrected chi connectivity index (χ1v) is 3.80. The molecule has 1 aliphatic rings. The van der Waals surface area contributed by atoms with E-state index in [0.29, 0.717) is 17.4 Å². The third-order valence-corrected chi connectivity index (χ3v) is 2.91. The summed E-state index contributed by atoms with van der Waals surface area (Å²) in [6.45, 7) is 8.17. The Kier molecular flexibility index (Phi) is 1.86. The van der Waals surface area contributed by atoms with Gasteiger partial charge in [-0.25, -0.2) is 0 Å². The van der Waals surface area contributed by atoms with Gasteiger partial charge in [-0.3, -0.25) is 0 Å². The van der Waals surface area contributed by atoms with Gasteiger partial charge in [-0.1, -0.05) is 13.0 Å². The minimum Gasteiger partial charge on any atom is -0.381 e. The molecule has 0 aromatic heterocycles. The van der Waals surface area contributed by atoms with E-state index in [9.17, 15) is 0 Å². The third kappa shape index (κ3) is 0.988. The van der Waals surface area contributed by atoms with Gasteiger partial charge < -0.3 is 4.74 Å². The van der Waals surface area contributed by atoms with Crippen LogP contribution in [0.3, 0.4) is 0 Å². The predicted molar refractivity (Wildman–Crippen MR) is 42.9 cm³/mol. The number of hydrogen-bond acceptors (Lipinski definition) is 1. The molecule has 0 saturated heterocycles. The number of methoxy groups -OCH3 is 1. The zero-order valence-electron chi connectivity index (χ0n) is 7.05. The molecule has 1 heteroatoms. The summed E-state index contributed by atoms with van der Waals surface area (Å²) in [7, 11) is 1.77. The molecule has 58 valence electrons. The zero-order valence-corrected chi connectivity index (χ0v) is 7.05. The van der Waals surface area contributed by atoms with E-state index in [0.717, 1.165) is 0 Å².